The fourth-order valence-corrected chi connectivity index (χ4v) is 1.49. The van der Waals surface area contributed by atoms with Gasteiger partial charge < -0.3 is 0 Å². The lowest BCUT2D eigenvalue weighted by atomic mass is 10.2. The lowest BCUT2D eigenvalue weighted by Gasteiger charge is -1.95. The second-order valence-corrected chi connectivity index (χ2v) is 4.43. The molecule has 0 atom stereocenters. The quantitative estimate of drug-likeness (QED) is 0.752. The highest BCUT2D eigenvalue weighted by Gasteiger charge is 1.98. The molecule has 0 aromatic carbocycles. The largest absolute Gasteiger partial charge is 0.293 e. The number of thioether (sulfide) groups is 1. The van der Waals surface area contributed by atoms with Crippen molar-refractivity contribution in [2.24, 2.45) is 0 Å². The summed E-state index contributed by atoms with van der Waals surface area (Å²) in [6.45, 7) is 3.03. The number of rotatable bonds is 4. The van der Waals surface area contributed by atoms with E-state index in [1.54, 1.807) is 19.2 Å². The van der Waals surface area contributed by atoms with Crippen LogP contribution >= 0.6 is 11.8 Å². The molecule has 0 aliphatic rings. The van der Waals surface area contributed by atoms with Gasteiger partial charge in [0.2, 0.25) is 0 Å². The molecule has 0 saturated carbocycles. The first kappa shape index (κ1) is 12.6. The molecule has 0 spiro atoms. The minimum absolute atomic E-state index is 0.0392. The van der Waals surface area contributed by atoms with Gasteiger partial charge in [-0.3, -0.25) is 14.6 Å². The number of carbonyl (C=O) groups excluding carboxylic acids is 2. The summed E-state index contributed by atoms with van der Waals surface area (Å²) in [6, 6.07) is 3.53. The van der Waals surface area contributed by atoms with Crippen LogP contribution in [0.3, 0.4) is 0 Å². The molecule has 1 aromatic rings. The van der Waals surface area contributed by atoms with Gasteiger partial charge in [0.05, 0.1) is 0 Å². The molecule has 0 saturated heterocycles. The van der Waals surface area contributed by atoms with E-state index in [0.717, 1.165) is 5.56 Å². The number of hydrogen-bond acceptors (Lipinski definition) is 4. The molecule has 0 bridgehead atoms. The van der Waals surface area contributed by atoms with Crippen LogP contribution in [0.1, 0.15) is 29.9 Å². The predicted molar refractivity (Wildman–Crippen MR) is 66.4 cm³/mol. The van der Waals surface area contributed by atoms with Crippen molar-refractivity contribution in [1.29, 1.82) is 0 Å². The first-order chi connectivity index (χ1) is 7.59. The summed E-state index contributed by atoms with van der Waals surface area (Å²) < 4.78 is 0. The zero-order valence-corrected chi connectivity index (χ0v) is 10.1. The van der Waals surface area contributed by atoms with E-state index in [1.807, 2.05) is 18.2 Å². The number of aromatic nitrogens is 1. The highest BCUT2D eigenvalue weighted by atomic mass is 32.2. The van der Waals surface area contributed by atoms with Crippen LogP contribution in [0.4, 0.5) is 0 Å². The molecule has 4 heteroatoms. The van der Waals surface area contributed by atoms with Crippen LogP contribution in [0.15, 0.2) is 24.4 Å². The summed E-state index contributed by atoms with van der Waals surface area (Å²) >= 11 is 1.26. The van der Waals surface area contributed by atoms with Gasteiger partial charge in [-0.1, -0.05) is 30.0 Å². The third-order valence-electron chi connectivity index (χ3n) is 1.84. The van der Waals surface area contributed by atoms with Gasteiger partial charge in [-0.25, -0.2) is 0 Å². The van der Waals surface area contributed by atoms with Gasteiger partial charge in [-0.15, -0.1) is 0 Å². The average Bonchev–Trinajstić information content (AvgIpc) is 2.25. The smallest absolute Gasteiger partial charge is 0.186 e. The molecule has 3 nitrogen and oxygen atoms in total. The Morgan fingerprint density at radius 1 is 1.38 bits per heavy atom. The maximum absolute atomic E-state index is 11.0. The maximum Gasteiger partial charge on any atom is 0.186 e. The number of pyridine rings is 1. The zero-order valence-electron chi connectivity index (χ0n) is 9.27. The Morgan fingerprint density at radius 3 is 2.62 bits per heavy atom. The molecular formula is C12H13NO2S. The summed E-state index contributed by atoms with van der Waals surface area (Å²) in [5.41, 5.74) is 1.39. The summed E-state index contributed by atoms with van der Waals surface area (Å²) in [7, 11) is 0. The highest BCUT2D eigenvalue weighted by Crippen LogP contribution is 2.06. The molecule has 0 fully saturated rings. The topological polar surface area (TPSA) is 47.0 Å². The maximum atomic E-state index is 11.0. The molecule has 1 heterocycles. The van der Waals surface area contributed by atoms with Crippen LogP contribution in [0.25, 0.3) is 6.08 Å². The molecule has 16 heavy (non-hydrogen) atoms. The number of ketones is 1. The van der Waals surface area contributed by atoms with Gasteiger partial charge >= 0.3 is 0 Å². The van der Waals surface area contributed by atoms with Gasteiger partial charge in [0, 0.05) is 25.8 Å². The van der Waals surface area contributed by atoms with Crippen molar-refractivity contribution in [3.63, 3.8) is 0 Å². The third kappa shape index (κ3) is 4.40. The van der Waals surface area contributed by atoms with E-state index in [2.05, 4.69) is 4.98 Å². The van der Waals surface area contributed by atoms with E-state index in [0.29, 0.717) is 11.4 Å². The van der Waals surface area contributed by atoms with E-state index in [-0.39, 0.29) is 10.9 Å². The molecule has 0 aliphatic heterocycles. The molecule has 0 unspecified atom stereocenters. The van der Waals surface area contributed by atoms with Crippen molar-refractivity contribution in [2.45, 2.75) is 13.8 Å². The monoisotopic (exact) mass is 235 g/mol. The van der Waals surface area contributed by atoms with Crippen molar-refractivity contribution < 1.29 is 9.59 Å². The van der Waals surface area contributed by atoms with E-state index < -0.39 is 0 Å². The SMILES string of the molecule is CC(=O)SCC=Cc1ccc(C(C)=O)nc1. The lowest BCUT2D eigenvalue weighted by molar-refractivity contribution is -0.109. The average molecular weight is 235 g/mol. The minimum atomic E-state index is -0.0392. The van der Waals surface area contributed by atoms with Crippen LogP contribution < -0.4 is 0 Å². The number of carbonyl (C=O) groups is 2. The number of nitrogens with zero attached hydrogens (tertiary/aromatic N) is 1. The van der Waals surface area contributed by atoms with E-state index in [1.165, 1.54) is 18.7 Å². The van der Waals surface area contributed by atoms with Gasteiger partial charge in [0.25, 0.3) is 0 Å². The molecule has 1 aromatic heterocycles. The Hall–Kier alpha value is -1.42. The second-order valence-electron chi connectivity index (χ2n) is 3.24. The molecule has 0 amide bonds. The Labute approximate surface area is 99.0 Å². The minimum Gasteiger partial charge on any atom is -0.293 e. The van der Waals surface area contributed by atoms with Crippen LogP contribution in [0.2, 0.25) is 0 Å². The first-order valence-corrected chi connectivity index (χ1v) is 5.85. The normalized spacial score (nSPS) is 10.6. The van der Waals surface area contributed by atoms with E-state index >= 15 is 0 Å². The van der Waals surface area contributed by atoms with Crippen molar-refractivity contribution in [3.05, 3.63) is 35.7 Å². The summed E-state index contributed by atoms with van der Waals surface area (Å²) in [5.74, 6) is 0.617. The first-order valence-electron chi connectivity index (χ1n) is 4.86. The summed E-state index contributed by atoms with van der Waals surface area (Å²) in [5, 5.41) is 0.106. The predicted octanol–water partition coefficient (Wildman–Crippen LogP) is 2.58. The third-order valence-corrected chi connectivity index (χ3v) is 2.61. The van der Waals surface area contributed by atoms with Crippen molar-refractivity contribution in [2.75, 3.05) is 5.75 Å². The standard InChI is InChI=1S/C12H13NO2S/c1-9(14)12-6-5-11(8-13-12)4-3-7-16-10(2)15/h3-6,8H,7H2,1-2H3. The van der Waals surface area contributed by atoms with Crippen molar-refractivity contribution >= 4 is 28.7 Å². The Kier molecular flexibility index (Phi) is 4.92. The van der Waals surface area contributed by atoms with Gasteiger partial charge in [0.1, 0.15) is 5.69 Å². The van der Waals surface area contributed by atoms with Crippen LogP contribution in [-0.2, 0) is 4.79 Å². The van der Waals surface area contributed by atoms with Crippen LogP contribution in [0, 0.1) is 0 Å². The lowest BCUT2D eigenvalue weighted by Crippen LogP contribution is -1.95. The van der Waals surface area contributed by atoms with E-state index in [4.69, 9.17) is 0 Å². The number of Topliss-reactive ketones (excluding diaryl/α,β-unsaturated/α-hetero) is 1. The molecule has 0 N–H and O–H groups in total. The van der Waals surface area contributed by atoms with Crippen molar-refractivity contribution in [1.82, 2.24) is 4.98 Å². The Balaban J connectivity index is 2.55. The van der Waals surface area contributed by atoms with Crippen molar-refractivity contribution in [3.8, 4) is 0 Å². The Bertz CT molecular complexity index is 410. The Morgan fingerprint density at radius 2 is 2.12 bits per heavy atom. The molecule has 1 rings (SSSR count). The van der Waals surface area contributed by atoms with Gasteiger partial charge in [-0.2, -0.15) is 0 Å². The van der Waals surface area contributed by atoms with E-state index in [9.17, 15) is 9.59 Å². The highest BCUT2D eigenvalue weighted by molar-refractivity contribution is 8.13. The summed E-state index contributed by atoms with van der Waals surface area (Å²) in [4.78, 5) is 25.6. The fraction of sp³-hybridized carbons (Fsp3) is 0.250. The molecule has 84 valence electrons. The molecule has 0 aliphatic carbocycles. The zero-order chi connectivity index (χ0) is 12.0. The van der Waals surface area contributed by atoms with Crippen LogP contribution in [-0.4, -0.2) is 21.6 Å². The molecular weight excluding hydrogens is 222 g/mol. The van der Waals surface area contributed by atoms with Gasteiger partial charge in [-0.05, 0) is 11.6 Å². The summed E-state index contributed by atoms with van der Waals surface area (Å²) in [6.07, 6.45) is 5.43. The number of hydrogen-bond donors (Lipinski definition) is 0. The second kappa shape index (κ2) is 6.23. The van der Waals surface area contributed by atoms with Crippen LogP contribution in [0.5, 0.6) is 0 Å². The molecule has 0 radical (unpaired) electrons. The van der Waals surface area contributed by atoms with Gasteiger partial charge in [0.15, 0.2) is 10.9 Å². The fourth-order valence-electron chi connectivity index (χ4n) is 1.06.